The number of benzene rings is 1. The lowest BCUT2D eigenvalue weighted by atomic mass is 9.68. The first-order chi connectivity index (χ1) is 13.2. The second kappa shape index (κ2) is 10.4. The topological polar surface area (TPSA) is 0 Å². The summed E-state index contributed by atoms with van der Waals surface area (Å²) in [4.78, 5) is 0. The van der Waals surface area contributed by atoms with Gasteiger partial charge in [0.15, 0.2) is 0 Å². The smallest absolute Gasteiger partial charge is 0.174 e. The lowest BCUT2D eigenvalue weighted by molar-refractivity contribution is 0.170. The molecule has 150 valence electrons. The van der Waals surface area contributed by atoms with Gasteiger partial charge in [-0.15, -0.1) is 0 Å². The minimum absolute atomic E-state index is 0.124. The number of allylic oxidation sites excluding steroid dienone is 1. The summed E-state index contributed by atoms with van der Waals surface area (Å²) in [5.74, 6) is 2.46. The number of rotatable bonds is 7. The molecule has 1 aromatic rings. The summed E-state index contributed by atoms with van der Waals surface area (Å²) in [7, 11) is 0. The molecule has 0 atom stereocenters. The first kappa shape index (κ1) is 20.6. The van der Waals surface area contributed by atoms with Crippen molar-refractivity contribution in [3.05, 3.63) is 47.5 Å². The summed E-state index contributed by atoms with van der Waals surface area (Å²) < 4.78 is 24.9. The quantitative estimate of drug-likeness (QED) is 0.421. The van der Waals surface area contributed by atoms with Crippen LogP contribution < -0.4 is 0 Å². The van der Waals surface area contributed by atoms with E-state index in [1.165, 1.54) is 68.6 Å². The van der Waals surface area contributed by atoms with Crippen molar-refractivity contribution in [3.63, 3.8) is 0 Å². The summed E-state index contributed by atoms with van der Waals surface area (Å²) in [5, 5.41) is 0. The SMILES string of the molecule is CCCCCc1ccc([C@H]2CC[C@H]([C@H]3CC[C@H](C=C(F)F)CC3)CC2)cc1. The van der Waals surface area contributed by atoms with Gasteiger partial charge >= 0.3 is 0 Å². The average molecular weight is 375 g/mol. The van der Waals surface area contributed by atoms with E-state index in [0.29, 0.717) is 0 Å². The van der Waals surface area contributed by atoms with Crippen LogP contribution in [0.4, 0.5) is 8.78 Å². The fourth-order valence-electron chi connectivity index (χ4n) is 5.42. The monoisotopic (exact) mass is 374 g/mol. The molecule has 0 saturated heterocycles. The van der Waals surface area contributed by atoms with Gasteiger partial charge in [-0.2, -0.15) is 8.78 Å². The number of halogens is 2. The van der Waals surface area contributed by atoms with E-state index in [9.17, 15) is 8.78 Å². The Bertz CT molecular complexity index is 569. The molecule has 0 aromatic heterocycles. The predicted molar refractivity (Wildman–Crippen MR) is 110 cm³/mol. The Morgan fingerprint density at radius 3 is 2.00 bits per heavy atom. The molecule has 2 heteroatoms. The summed E-state index contributed by atoms with van der Waals surface area (Å²) in [6.45, 7) is 2.26. The highest BCUT2D eigenvalue weighted by atomic mass is 19.3. The van der Waals surface area contributed by atoms with E-state index in [0.717, 1.165) is 43.4 Å². The minimum atomic E-state index is -1.49. The molecule has 2 fully saturated rings. The molecule has 27 heavy (non-hydrogen) atoms. The van der Waals surface area contributed by atoms with Crippen molar-refractivity contribution in [2.45, 2.75) is 89.9 Å². The Hall–Kier alpha value is -1.18. The van der Waals surface area contributed by atoms with Crippen LogP contribution in [0.5, 0.6) is 0 Å². The van der Waals surface area contributed by atoms with Gasteiger partial charge in [0.2, 0.25) is 0 Å². The zero-order valence-corrected chi connectivity index (χ0v) is 16.9. The first-order valence-electron chi connectivity index (χ1n) is 11.3. The lowest BCUT2D eigenvalue weighted by Gasteiger charge is -2.37. The van der Waals surface area contributed by atoms with Gasteiger partial charge in [-0.1, -0.05) is 44.0 Å². The Morgan fingerprint density at radius 1 is 0.852 bits per heavy atom. The molecule has 0 N–H and O–H groups in total. The molecule has 1 aromatic carbocycles. The molecule has 0 amide bonds. The normalized spacial score (nSPS) is 28.7. The van der Waals surface area contributed by atoms with Crippen molar-refractivity contribution in [3.8, 4) is 0 Å². The van der Waals surface area contributed by atoms with Gasteiger partial charge in [-0.25, -0.2) is 0 Å². The molecule has 0 nitrogen and oxygen atoms in total. The van der Waals surface area contributed by atoms with Gasteiger partial charge < -0.3 is 0 Å². The van der Waals surface area contributed by atoms with Crippen molar-refractivity contribution in [1.82, 2.24) is 0 Å². The average Bonchev–Trinajstić information content (AvgIpc) is 2.69. The van der Waals surface area contributed by atoms with Crippen molar-refractivity contribution in [1.29, 1.82) is 0 Å². The standard InChI is InChI=1S/C25H36F2/c1-2-3-4-5-19-6-10-21(11-7-19)23-14-16-24(17-15-23)22-12-8-20(9-13-22)18-25(26)27/h6-7,10-11,18,20,22-24H,2-5,8-9,12-17H2,1H3/t20-,22-,23-,24-. The highest BCUT2D eigenvalue weighted by Crippen LogP contribution is 2.44. The van der Waals surface area contributed by atoms with E-state index < -0.39 is 6.08 Å². The van der Waals surface area contributed by atoms with Crippen LogP contribution in [-0.4, -0.2) is 0 Å². The van der Waals surface area contributed by atoms with Crippen molar-refractivity contribution < 1.29 is 8.78 Å². The van der Waals surface area contributed by atoms with Crippen LogP contribution in [0.3, 0.4) is 0 Å². The molecule has 2 aliphatic carbocycles. The van der Waals surface area contributed by atoms with E-state index in [4.69, 9.17) is 0 Å². The number of aryl methyl sites for hydroxylation is 1. The molecule has 0 unspecified atom stereocenters. The zero-order valence-electron chi connectivity index (χ0n) is 16.9. The third kappa shape index (κ3) is 6.16. The fourth-order valence-corrected chi connectivity index (χ4v) is 5.42. The van der Waals surface area contributed by atoms with Crippen LogP contribution in [0.1, 0.15) is 94.6 Å². The Morgan fingerprint density at radius 2 is 1.44 bits per heavy atom. The Balaban J connectivity index is 1.43. The molecule has 3 rings (SSSR count). The summed E-state index contributed by atoms with van der Waals surface area (Å²) in [6.07, 6.45) is 14.3. The van der Waals surface area contributed by atoms with Gasteiger partial charge in [0.05, 0.1) is 0 Å². The third-order valence-corrected chi connectivity index (χ3v) is 7.14. The Kier molecular flexibility index (Phi) is 7.91. The van der Waals surface area contributed by atoms with Crippen LogP contribution in [-0.2, 0) is 6.42 Å². The van der Waals surface area contributed by atoms with Crippen molar-refractivity contribution in [2.24, 2.45) is 17.8 Å². The van der Waals surface area contributed by atoms with Gasteiger partial charge in [0.25, 0.3) is 6.08 Å². The van der Waals surface area contributed by atoms with Gasteiger partial charge in [0, 0.05) is 0 Å². The second-order valence-corrected chi connectivity index (χ2v) is 8.94. The predicted octanol–water partition coefficient (Wildman–Crippen LogP) is 8.28. The van der Waals surface area contributed by atoms with Crippen molar-refractivity contribution >= 4 is 0 Å². The summed E-state index contributed by atoms with van der Waals surface area (Å²) in [5.41, 5.74) is 3.01. The van der Waals surface area contributed by atoms with E-state index >= 15 is 0 Å². The maximum atomic E-state index is 12.4. The van der Waals surface area contributed by atoms with Crippen LogP contribution >= 0.6 is 0 Å². The maximum absolute atomic E-state index is 12.4. The van der Waals surface area contributed by atoms with Gasteiger partial charge in [0.1, 0.15) is 0 Å². The number of hydrogen-bond acceptors (Lipinski definition) is 0. The molecule has 0 bridgehead atoms. The van der Waals surface area contributed by atoms with Crippen LogP contribution in [0.25, 0.3) is 0 Å². The summed E-state index contributed by atoms with van der Waals surface area (Å²) in [6, 6.07) is 9.43. The summed E-state index contributed by atoms with van der Waals surface area (Å²) >= 11 is 0. The molecule has 0 spiro atoms. The van der Waals surface area contributed by atoms with E-state index in [1.807, 2.05) is 0 Å². The first-order valence-corrected chi connectivity index (χ1v) is 11.3. The maximum Gasteiger partial charge on any atom is 0.266 e. The van der Waals surface area contributed by atoms with E-state index in [2.05, 4.69) is 31.2 Å². The number of unbranched alkanes of at least 4 members (excludes halogenated alkanes) is 2. The largest absolute Gasteiger partial charge is 0.266 e. The zero-order chi connectivity index (χ0) is 19.1. The lowest BCUT2D eigenvalue weighted by Crippen LogP contribution is -2.25. The number of hydrogen-bond donors (Lipinski definition) is 0. The Labute approximate surface area is 164 Å². The molecule has 0 radical (unpaired) electrons. The van der Waals surface area contributed by atoms with Gasteiger partial charge in [-0.3, -0.25) is 0 Å². The van der Waals surface area contributed by atoms with Crippen LogP contribution in [0, 0.1) is 17.8 Å². The molecule has 0 aliphatic heterocycles. The molecular formula is C25H36F2. The minimum Gasteiger partial charge on any atom is -0.174 e. The second-order valence-electron chi connectivity index (χ2n) is 8.94. The molecule has 2 aliphatic rings. The molecule has 2 saturated carbocycles. The van der Waals surface area contributed by atoms with Crippen molar-refractivity contribution in [2.75, 3.05) is 0 Å². The fraction of sp³-hybridized carbons (Fsp3) is 0.680. The van der Waals surface area contributed by atoms with E-state index in [-0.39, 0.29) is 5.92 Å². The molecular weight excluding hydrogens is 338 g/mol. The molecule has 0 heterocycles. The van der Waals surface area contributed by atoms with Crippen LogP contribution in [0.2, 0.25) is 0 Å². The highest BCUT2D eigenvalue weighted by molar-refractivity contribution is 5.26. The van der Waals surface area contributed by atoms with Crippen LogP contribution in [0.15, 0.2) is 36.4 Å². The van der Waals surface area contributed by atoms with E-state index in [1.54, 1.807) is 0 Å². The highest BCUT2D eigenvalue weighted by Gasteiger charge is 2.31. The van der Waals surface area contributed by atoms with Gasteiger partial charge in [-0.05, 0) is 105 Å². The third-order valence-electron chi connectivity index (χ3n) is 7.14.